The van der Waals surface area contributed by atoms with Crippen LogP contribution in [0.2, 0.25) is 0 Å². The maximum Gasteiger partial charge on any atom is 0.328 e. The number of carboxylic acids is 1. The Hall–Kier alpha value is -0.830. The van der Waals surface area contributed by atoms with E-state index in [1.807, 2.05) is 0 Å². The first-order valence-electron chi connectivity index (χ1n) is 3.86. The molecule has 0 radical (unpaired) electrons. The predicted molar refractivity (Wildman–Crippen MR) is 42.2 cm³/mol. The Kier molecular flexibility index (Phi) is 2.65. The lowest BCUT2D eigenvalue weighted by atomic mass is 9.91. The SMILES string of the molecule is NC1CCC/C(=C\C(=O)O)C1. The Morgan fingerprint density at radius 2 is 2.45 bits per heavy atom. The molecular weight excluding hydrogens is 142 g/mol. The summed E-state index contributed by atoms with van der Waals surface area (Å²) in [6.45, 7) is 0. The van der Waals surface area contributed by atoms with E-state index >= 15 is 0 Å². The van der Waals surface area contributed by atoms with E-state index in [0.29, 0.717) is 0 Å². The van der Waals surface area contributed by atoms with Crippen molar-refractivity contribution in [3.05, 3.63) is 11.6 Å². The predicted octanol–water partition coefficient (Wildman–Crippen LogP) is 0.899. The average Bonchev–Trinajstić information content (AvgIpc) is 1.85. The summed E-state index contributed by atoms with van der Waals surface area (Å²) in [4.78, 5) is 10.3. The van der Waals surface area contributed by atoms with Gasteiger partial charge in [-0.3, -0.25) is 0 Å². The molecule has 11 heavy (non-hydrogen) atoms. The van der Waals surface area contributed by atoms with Gasteiger partial charge in [-0.1, -0.05) is 5.57 Å². The van der Waals surface area contributed by atoms with Crippen LogP contribution in [0.25, 0.3) is 0 Å². The molecule has 3 nitrogen and oxygen atoms in total. The van der Waals surface area contributed by atoms with Crippen molar-refractivity contribution >= 4 is 5.97 Å². The van der Waals surface area contributed by atoms with Crippen LogP contribution in [0.4, 0.5) is 0 Å². The number of rotatable bonds is 1. The largest absolute Gasteiger partial charge is 0.478 e. The smallest absolute Gasteiger partial charge is 0.328 e. The lowest BCUT2D eigenvalue weighted by Gasteiger charge is -2.19. The minimum absolute atomic E-state index is 0.175. The van der Waals surface area contributed by atoms with Crippen LogP contribution in [0.5, 0.6) is 0 Å². The Balaban J connectivity index is 2.52. The summed E-state index contributed by atoms with van der Waals surface area (Å²) in [6.07, 6.45) is 5.00. The second-order valence-electron chi connectivity index (χ2n) is 3.00. The summed E-state index contributed by atoms with van der Waals surface area (Å²) < 4.78 is 0. The van der Waals surface area contributed by atoms with E-state index < -0.39 is 5.97 Å². The Bertz CT molecular complexity index is 187. The van der Waals surface area contributed by atoms with Crippen molar-refractivity contribution in [3.63, 3.8) is 0 Å². The first kappa shape index (κ1) is 8.27. The van der Waals surface area contributed by atoms with Gasteiger partial charge in [0.15, 0.2) is 0 Å². The molecule has 0 heterocycles. The topological polar surface area (TPSA) is 63.3 Å². The summed E-state index contributed by atoms with van der Waals surface area (Å²) >= 11 is 0. The monoisotopic (exact) mass is 155 g/mol. The zero-order valence-electron chi connectivity index (χ0n) is 6.42. The minimum atomic E-state index is -0.853. The summed E-state index contributed by atoms with van der Waals surface area (Å²) in [7, 11) is 0. The van der Waals surface area contributed by atoms with E-state index in [9.17, 15) is 4.79 Å². The van der Waals surface area contributed by atoms with E-state index in [1.54, 1.807) is 0 Å². The highest BCUT2D eigenvalue weighted by Crippen LogP contribution is 2.21. The van der Waals surface area contributed by atoms with Crippen molar-refractivity contribution < 1.29 is 9.90 Å². The molecule has 1 fully saturated rings. The average molecular weight is 155 g/mol. The maximum atomic E-state index is 10.3. The van der Waals surface area contributed by atoms with E-state index in [4.69, 9.17) is 10.8 Å². The van der Waals surface area contributed by atoms with Crippen molar-refractivity contribution in [2.75, 3.05) is 0 Å². The Morgan fingerprint density at radius 3 is 3.00 bits per heavy atom. The van der Waals surface area contributed by atoms with Crippen LogP contribution < -0.4 is 5.73 Å². The molecular formula is C8H13NO2. The fourth-order valence-corrected chi connectivity index (χ4v) is 1.44. The standard InChI is InChI=1S/C8H13NO2/c9-7-3-1-2-6(4-7)5-8(10)11/h5,7H,1-4,9H2,(H,10,11)/b6-5+. The molecule has 3 heteroatoms. The van der Waals surface area contributed by atoms with E-state index in [0.717, 1.165) is 31.3 Å². The summed E-state index contributed by atoms with van der Waals surface area (Å²) in [5.41, 5.74) is 6.65. The van der Waals surface area contributed by atoms with Gasteiger partial charge in [0.05, 0.1) is 0 Å². The third-order valence-electron chi connectivity index (χ3n) is 1.92. The van der Waals surface area contributed by atoms with Crippen LogP contribution in [0.3, 0.4) is 0 Å². The van der Waals surface area contributed by atoms with Crippen LogP contribution in [-0.4, -0.2) is 17.1 Å². The second-order valence-corrected chi connectivity index (χ2v) is 3.00. The first-order valence-corrected chi connectivity index (χ1v) is 3.86. The Morgan fingerprint density at radius 1 is 1.73 bits per heavy atom. The molecule has 3 N–H and O–H groups in total. The Labute approximate surface area is 65.9 Å². The van der Waals surface area contributed by atoms with Gasteiger partial charge < -0.3 is 10.8 Å². The van der Waals surface area contributed by atoms with Crippen LogP contribution in [0.1, 0.15) is 25.7 Å². The van der Waals surface area contributed by atoms with Gasteiger partial charge in [0.2, 0.25) is 0 Å². The number of hydrogen-bond donors (Lipinski definition) is 2. The normalized spacial score (nSPS) is 28.8. The molecule has 1 saturated carbocycles. The van der Waals surface area contributed by atoms with Gasteiger partial charge in [-0.2, -0.15) is 0 Å². The number of carboxylic acid groups (broad SMARTS) is 1. The fraction of sp³-hybridized carbons (Fsp3) is 0.625. The lowest BCUT2D eigenvalue weighted by Crippen LogP contribution is -2.24. The molecule has 1 rings (SSSR count). The number of carbonyl (C=O) groups is 1. The van der Waals surface area contributed by atoms with Crippen molar-refractivity contribution in [2.24, 2.45) is 5.73 Å². The molecule has 0 aromatic carbocycles. The van der Waals surface area contributed by atoms with E-state index in [-0.39, 0.29) is 6.04 Å². The fourth-order valence-electron chi connectivity index (χ4n) is 1.44. The van der Waals surface area contributed by atoms with Crippen LogP contribution in [0, 0.1) is 0 Å². The molecule has 1 aliphatic rings. The van der Waals surface area contributed by atoms with Gasteiger partial charge in [-0.15, -0.1) is 0 Å². The van der Waals surface area contributed by atoms with Gasteiger partial charge in [-0.05, 0) is 25.7 Å². The summed E-state index contributed by atoms with van der Waals surface area (Å²) in [6, 6.07) is 0.175. The molecule has 0 aliphatic heterocycles. The van der Waals surface area contributed by atoms with Gasteiger partial charge in [0, 0.05) is 12.1 Å². The second kappa shape index (κ2) is 3.53. The molecule has 1 atom stereocenters. The number of hydrogen-bond acceptors (Lipinski definition) is 2. The highest BCUT2D eigenvalue weighted by molar-refractivity contribution is 5.80. The lowest BCUT2D eigenvalue weighted by molar-refractivity contribution is -0.131. The van der Waals surface area contributed by atoms with Crippen molar-refractivity contribution in [2.45, 2.75) is 31.7 Å². The molecule has 0 bridgehead atoms. The zero-order valence-corrected chi connectivity index (χ0v) is 6.42. The number of aliphatic carboxylic acids is 1. The van der Waals surface area contributed by atoms with Crippen molar-refractivity contribution in [1.29, 1.82) is 0 Å². The van der Waals surface area contributed by atoms with E-state index in [1.165, 1.54) is 6.08 Å². The van der Waals surface area contributed by atoms with E-state index in [2.05, 4.69) is 0 Å². The van der Waals surface area contributed by atoms with Gasteiger partial charge in [0.25, 0.3) is 0 Å². The molecule has 1 aliphatic carbocycles. The summed E-state index contributed by atoms with van der Waals surface area (Å²) in [5.74, 6) is -0.853. The van der Waals surface area contributed by atoms with Gasteiger partial charge >= 0.3 is 5.97 Å². The van der Waals surface area contributed by atoms with Crippen LogP contribution in [-0.2, 0) is 4.79 Å². The first-order chi connectivity index (χ1) is 5.18. The molecule has 0 spiro atoms. The quantitative estimate of drug-likeness (QED) is 0.553. The van der Waals surface area contributed by atoms with Crippen molar-refractivity contribution in [3.8, 4) is 0 Å². The third kappa shape index (κ3) is 2.72. The van der Waals surface area contributed by atoms with Crippen LogP contribution in [0.15, 0.2) is 11.6 Å². The van der Waals surface area contributed by atoms with Gasteiger partial charge in [-0.25, -0.2) is 4.79 Å². The third-order valence-corrected chi connectivity index (χ3v) is 1.92. The molecule has 62 valence electrons. The number of nitrogens with two attached hydrogens (primary N) is 1. The van der Waals surface area contributed by atoms with Crippen LogP contribution >= 0.6 is 0 Å². The highest BCUT2D eigenvalue weighted by atomic mass is 16.4. The zero-order chi connectivity index (χ0) is 8.27. The molecule has 0 aromatic heterocycles. The molecule has 1 unspecified atom stereocenters. The minimum Gasteiger partial charge on any atom is -0.478 e. The highest BCUT2D eigenvalue weighted by Gasteiger charge is 2.13. The molecule has 0 amide bonds. The summed E-state index contributed by atoms with van der Waals surface area (Å²) in [5, 5.41) is 8.43. The van der Waals surface area contributed by atoms with Gasteiger partial charge in [0.1, 0.15) is 0 Å². The molecule has 0 aromatic rings. The van der Waals surface area contributed by atoms with Crippen molar-refractivity contribution in [1.82, 2.24) is 0 Å². The maximum absolute atomic E-state index is 10.3. The molecule has 0 saturated heterocycles.